The summed E-state index contributed by atoms with van der Waals surface area (Å²) in [6.45, 7) is 1.73. The summed E-state index contributed by atoms with van der Waals surface area (Å²) >= 11 is 0. The number of esters is 1. The van der Waals surface area contributed by atoms with Gasteiger partial charge in [-0.1, -0.05) is 5.16 Å². The van der Waals surface area contributed by atoms with E-state index in [1.165, 1.54) is 13.2 Å². The zero-order chi connectivity index (χ0) is 15.4. The van der Waals surface area contributed by atoms with Crippen LogP contribution in [0.3, 0.4) is 0 Å². The minimum absolute atomic E-state index is 0.0273. The Balaban J connectivity index is 2.35. The molecule has 0 bridgehead atoms. The summed E-state index contributed by atoms with van der Waals surface area (Å²) in [5, 5.41) is 3.62. The van der Waals surface area contributed by atoms with Gasteiger partial charge in [-0.3, -0.25) is 0 Å². The number of nitrogens with zero attached hydrogens (tertiary/aromatic N) is 2. The Morgan fingerprint density at radius 2 is 2.24 bits per heavy atom. The molecule has 2 aromatic rings. The van der Waals surface area contributed by atoms with Crippen LogP contribution in [0.25, 0.3) is 11.6 Å². The Kier molecular flexibility index (Phi) is 4.63. The van der Waals surface area contributed by atoms with E-state index in [0.29, 0.717) is 5.76 Å². The largest absolute Gasteiger partial charge is 0.460 e. The van der Waals surface area contributed by atoms with Crippen molar-refractivity contribution in [2.24, 2.45) is 0 Å². The molecule has 7 nitrogen and oxygen atoms in total. The SMILES string of the molecule is CCOC(=O)c1oc(-c2cc(COC)on2)nc1C(F)F. The third-order valence-corrected chi connectivity index (χ3v) is 2.39. The van der Waals surface area contributed by atoms with Crippen LogP contribution < -0.4 is 0 Å². The maximum atomic E-state index is 12.9. The number of oxazole rings is 1. The van der Waals surface area contributed by atoms with Gasteiger partial charge in [0.2, 0.25) is 11.7 Å². The highest BCUT2D eigenvalue weighted by molar-refractivity contribution is 5.88. The predicted octanol–water partition coefficient (Wildman–Crippen LogP) is 2.59. The molecule has 0 fully saturated rings. The average molecular weight is 302 g/mol. The summed E-state index contributed by atoms with van der Waals surface area (Å²) in [5.74, 6) is -1.54. The zero-order valence-electron chi connectivity index (χ0n) is 11.3. The van der Waals surface area contributed by atoms with E-state index in [-0.39, 0.29) is 24.8 Å². The van der Waals surface area contributed by atoms with Crippen molar-refractivity contribution in [3.8, 4) is 11.6 Å². The van der Waals surface area contributed by atoms with Crippen LogP contribution in [-0.2, 0) is 16.1 Å². The van der Waals surface area contributed by atoms with Crippen molar-refractivity contribution in [3.63, 3.8) is 0 Å². The molecule has 0 spiro atoms. The van der Waals surface area contributed by atoms with Crippen molar-refractivity contribution in [2.45, 2.75) is 20.0 Å². The highest BCUT2D eigenvalue weighted by Crippen LogP contribution is 2.28. The number of carbonyl (C=O) groups excluding carboxylic acids is 1. The number of alkyl halides is 2. The first kappa shape index (κ1) is 15.1. The summed E-state index contributed by atoms with van der Waals surface area (Å²) in [6, 6.07) is 1.42. The van der Waals surface area contributed by atoms with E-state index in [1.807, 2.05) is 0 Å². The molecule has 0 aliphatic heterocycles. The van der Waals surface area contributed by atoms with Crippen LogP contribution in [0, 0.1) is 0 Å². The van der Waals surface area contributed by atoms with Crippen molar-refractivity contribution in [2.75, 3.05) is 13.7 Å². The zero-order valence-corrected chi connectivity index (χ0v) is 11.3. The lowest BCUT2D eigenvalue weighted by atomic mass is 10.3. The second-order valence-electron chi connectivity index (χ2n) is 3.87. The monoisotopic (exact) mass is 302 g/mol. The lowest BCUT2D eigenvalue weighted by Crippen LogP contribution is -2.06. The first-order valence-corrected chi connectivity index (χ1v) is 5.97. The number of rotatable bonds is 6. The number of hydrogen-bond donors (Lipinski definition) is 0. The first-order chi connectivity index (χ1) is 10.1. The van der Waals surface area contributed by atoms with Crippen molar-refractivity contribution in [1.29, 1.82) is 0 Å². The van der Waals surface area contributed by atoms with Gasteiger partial charge in [0.05, 0.1) is 6.61 Å². The topological polar surface area (TPSA) is 87.6 Å². The molecule has 0 aliphatic rings. The van der Waals surface area contributed by atoms with Crippen LogP contribution in [0.2, 0.25) is 0 Å². The lowest BCUT2D eigenvalue weighted by Gasteiger charge is -1.99. The van der Waals surface area contributed by atoms with Gasteiger partial charge in [-0.2, -0.15) is 0 Å². The summed E-state index contributed by atoms with van der Waals surface area (Å²) in [5.41, 5.74) is -0.709. The van der Waals surface area contributed by atoms with E-state index in [1.54, 1.807) is 6.92 Å². The standard InChI is InChI=1S/C12H12F2N2O5/c1-3-19-12(17)9-8(10(13)14)15-11(20-9)7-4-6(5-18-2)21-16-7/h4,10H,3,5H2,1-2H3. The lowest BCUT2D eigenvalue weighted by molar-refractivity contribution is 0.0476. The molecule has 0 radical (unpaired) electrons. The van der Waals surface area contributed by atoms with Gasteiger partial charge in [0.25, 0.3) is 6.43 Å². The Morgan fingerprint density at radius 1 is 1.48 bits per heavy atom. The molecule has 0 unspecified atom stereocenters. The van der Waals surface area contributed by atoms with Crippen LogP contribution >= 0.6 is 0 Å². The van der Waals surface area contributed by atoms with Crippen molar-refractivity contribution >= 4 is 5.97 Å². The molecule has 2 heterocycles. The average Bonchev–Trinajstić information content (AvgIpc) is 3.05. The van der Waals surface area contributed by atoms with E-state index in [4.69, 9.17) is 13.7 Å². The van der Waals surface area contributed by atoms with E-state index < -0.39 is 23.8 Å². The third kappa shape index (κ3) is 3.24. The molecule has 0 saturated carbocycles. The Hall–Kier alpha value is -2.29. The number of aromatic nitrogens is 2. The van der Waals surface area contributed by atoms with Crippen molar-refractivity contribution in [3.05, 3.63) is 23.3 Å². The first-order valence-electron chi connectivity index (χ1n) is 5.97. The number of ether oxygens (including phenoxy) is 2. The molecular formula is C12H12F2N2O5. The minimum Gasteiger partial charge on any atom is -0.460 e. The summed E-state index contributed by atoms with van der Waals surface area (Å²) in [6.07, 6.45) is -2.98. The fourth-order valence-electron chi connectivity index (χ4n) is 1.56. The van der Waals surface area contributed by atoms with E-state index >= 15 is 0 Å². The van der Waals surface area contributed by atoms with Crippen LogP contribution in [-0.4, -0.2) is 29.8 Å². The molecule has 0 amide bonds. The van der Waals surface area contributed by atoms with Gasteiger partial charge in [-0.25, -0.2) is 18.6 Å². The smallest absolute Gasteiger partial charge is 0.376 e. The van der Waals surface area contributed by atoms with E-state index in [9.17, 15) is 13.6 Å². The van der Waals surface area contributed by atoms with Gasteiger partial charge in [-0.15, -0.1) is 0 Å². The quantitative estimate of drug-likeness (QED) is 0.758. The maximum Gasteiger partial charge on any atom is 0.376 e. The van der Waals surface area contributed by atoms with Crippen LogP contribution in [0.1, 0.15) is 35.4 Å². The fourth-order valence-corrected chi connectivity index (χ4v) is 1.56. The van der Waals surface area contributed by atoms with Gasteiger partial charge >= 0.3 is 5.97 Å². The van der Waals surface area contributed by atoms with E-state index in [2.05, 4.69) is 14.9 Å². The minimum atomic E-state index is -2.98. The second-order valence-corrected chi connectivity index (χ2v) is 3.87. The molecule has 9 heteroatoms. The Morgan fingerprint density at radius 3 is 2.86 bits per heavy atom. The van der Waals surface area contributed by atoms with Gasteiger partial charge in [0.15, 0.2) is 17.1 Å². The molecule has 2 rings (SSSR count). The molecular weight excluding hydrogens is 290 g/mol. The number of carbonyl (C=O) groups is 1. The van der Waals surface area contributed by atoms with E-state index in [0.717, 1.165) is 0 Å². The number of methoxy groups -OCH3 is 1. The Labute approximate surface area is 117 Å². The van der Waals surface area contributed by atoms with Crippen LogP contribution in [0.15, 0.2) is 15.0 Å². The van der Waals surface area contributed by atoms with Gasteiger partial charge < -0.3 is 18.4 Å². The second kappa shape index (κ2) is 6.44. The van der Waals surface area contributed by atoms with Gasteiger partial charge in [-0.05, 0) is 6.92 Å². The van der Waals surface area contributed by atoms with Crippen LogP contribution in [0.5, 0.6) is 0 Å². The molecule has 2 aromatic heterocycles. The molecule has 0 aliphatic carbocycles. The number of hydrogen-bond acceptors (Lipinski definition) is 7. The molecule has 0 N–H and O–H groups in total. The van der Waals surface area contributed by atoms with Crippen LogP contribution in [0.4, 0.5) is 8.78 Å². The molecule has 114 valence electrons. The predicted molar refractivity (Wildman–Crippen MR) is 63.6 cm³/mol. The molecule has 0 aromatic carbocycles. The summed E-state index contributed by atoms with van der Waals surface area (Å²) < 4.78 is 45.2. The normalized spacial score (nSPS) is 11.1. The van der Waals surface area contributed by atoms with Crippen molar-refractivity contribution in [1.82, 2.24) is 10.1 Å². The maximum absolute atomic E-state index is 12.9. The summed E-state index contributed by atoms with van der Waals surface area (Å²) in [7, 11) is 1.46. The highest BCUT2D eigenvalue weighted by Gasteiger charge is 2.29. The highest BCUT2D eigenvalue weighted by atomic mass is 19.3. The molecule has 0 saturated heterocycles. The number of halogens is 2. The van der Waals surface area contributed by atoms with Gasteiger partial charge in [0.1, 0.15) is 6.61 Å². The van der Waals surface area contributed by atoms with Gasteiger partial charge in [0, 0.05) is 13.2 Å². The third-order valence-electron chi connectivity index (χ3n) is 2.39. The Bertz CT molecular complexity index is 623. The van der Waals surface area contributed by atoms with Crippen molar-refractivity contribution < 1.29 is 32.0 Å². The fraction of sp³-hybridized carbons (Fsp3) is 0.417. The molecule has 0 atom stereocenters. The molecule has 21 heavy (non-hydrogen) atoms. The summed E-state index contributed by atoms with van der Waals surface area (Å²) in [4.78, 5) is 15.1.